The number of carbonyl (C=O) groups excluding carboxylic acids is 1. The zero-order chi connectivity index (χ0) is 11.7. The first-order valence-electron chi connectivity index (χ1n) is 4.77. The second kappa shape index (κ2) is 4.45. The molecule has 0 aliphatic carbocycles. The summed E-state index contributed by atoms with van der Waals surface area (Å²) in [4.78, 5) is 13.6. The number of halogens is 2. The van der Waals surface area contributed by atoms with Gasteiger partial charge in [0.05, 0.1) is 11.1 Å². The predicted octanol–water partition coefficient (Wildman–Crippen LogP) is 2.54. The van der Waals surface area contributed by atoms with E-state index in [0.29, 0.717) is 16.5 Å². The molecule has 0 radical (unpaired) electrons. The monoisotopic (exact) mass is 256 g/mol. The predicted molar refractivity (Wildman–Crippen MR) is 66.1 cm³/mol. The Labute approximate surface area is 103 Å². The molecule has 16 heavy (non-hydrogen) atoms. The number of carbonyl (C=O) groups is 1. The third-order valence-corrected chi connectivity index (χ3v) is 2.92. The van der Waals surface area contributed by atoms with Crippen LogP contribution in [0.3, 0.4) is 0 Å². The highest BCUT2D eigenvalue weighted by molar-refractivity contribution is 6.38. The first-order chi connectivity index (χ1) is 7.61. The van der Waals surface area contributed by atoms with Crippen molar-refractivity contribution in [3.8, 4) is 0 Å². The van der Waals surface area contributed by atoms with Gasteiger partial charge in [0.25, 0.3) is 0 Å². The van der Waals surface area contributed by atoms with Crippen molar-refractivity contribution in [3.63, 3.8) is 0 Å². The van der Waals surface area contributed by atoms with Gasteiger partial charge in [0.2, 0.25) is 0 Å². The molecule has 1 heterocycles. The fourth-order valence-corrected chi connectivity index (χ4v) is 2.33. The second-order valence-electron chi connectivity index (χ2n) is 3.63. The minimum atomic E-state index is -0.509. The fourth-order valence-electron chi connectivity index (χ4n) is 1.71. The number of aromatic nitrogens is 1. The van der Waals surface area contributed by atoms with Crippen LogP contribution >= 0.6 is 23.2 Å². The highest BCUT2D eigenvalue weighted by Crippen LogP contribution is 2.30. The van der Waals surface area contributed by atoms with E-state index < -0.39 is 6.04 Å². The average molecular weight is 257 g/mol. The molecule has 0 bridgehead atoms. The first kappa shape index (κ1) is 11.5. The smallest absolute Gasteiger partial charge is 0.137 e. The molecule has 0 spiro atoms. The van der Waals surface area contributed by atoms with Gasteiger partial charge in [-0.3, -0.25) is 0 Å². The number of aromatic amines is 1. The Balaban J connectivity index is 2.51. The molecule has 5 heteroatoms. The van der Waals surface area contributed by atoms with E-state index in [9.17, 15) is 4.79 Å². The quantitative estimate of drug-likeness (QED) is 0.830. The molecule has 3 N–H and O–H groups in total. The molecule has 0 unspecified atom stereocenters. The topological polar surface area (TPSA) is 58.9 Å². The second-order valence-corrected chi connectivity index (χ2v) is 4.47. The van der Waals surface area contributed by atoms with Crippen molar-refractivity contribution in [1.29, 1.82) is 0 Å². The Morgan fingerprint density at radius 1 is 1.44 bits per heavy atom. The van der Waals surface area contributed by atoms with Crippen LogP contribution in [-0.2, 0) is 11.2 Å². The average Bonchev–Trinajstić information content (AvgIpc) is 2.61. The van der Waals surface area contributed by atoms with Gasteiger partial charge in [-0.1, -0.05) is 23.2 Å². The van der Waals surface area contributed by atoms with E-state index in [-0.39, 0.29) is 0 Å². The number of nitrogens with two attached hydrogens (primary N) is 1. The molecule has 2 rings (SSSR count). The number of hydrogen-bond acceptors (Lipinski definition) is 2. The van der Waals surface area contributed by atoms with Gasteiger partial charge in [-0.15, -0.1) is 0 Å². The summed E-state index contributed by atoms with van der Waals surface area (Å²) >= 11 is 12.0. The Bertz CT molecular complexity index is 536. The number of aldehydes is 1. The molecule has 1 atom stereocenters. The molecule has 1 aromatic carbocycles. The normalized spacial score (nSPS) is 12.9. The summed E-state index contributed by atoms with van der Waals surface area (Å²) in [5.74, 6) is 0. The fraction of sp³-hybridized carbons (Fsp3) is 0.182. The third kappa shape index (κ3) is 2.07. The zero-order valence-electron chi connectivity index (χ0n) is 8.34. The maximum Gasteiger partial charge on any atom is 0.137 e. The van der Waals surface area contributed by atoms with Crippen molar-refractivity contribution in [2.24, 2.45) is 5.73 Å². The summed E-state index contributed by atoms with van der Waals surface area (Å²) in [6, 6.07) is 2.96. The van der Waals surface area contributed by atoms with Crippen molar-refractivity contribution in [2.45, 2.75) is 12.5 Å². The molecule has 0 aliphatic heterocycles. The molecule has 0 saturated heterocycles. The molecule has 0 fully saturated rings. The van der Waals surface area contributed by atoms with Gasteiger partial charge in [-0.2, -0.15) is 0 Å². The summed E-state index contributed by atoms with van der Waals surface area (Å²) in [5, 5.41) is 2.02. The van der Waals surface area contributed by atoms with Crippen LogP contribution in [0.4, 0.5) is 0 Å². The van der Waals surface area contributed by atoms with E-state index in [1.54, 1.807) is 18.3 Å². The third-order valence-electron chi connectivity index (χ3n) is 2.41. The molecule has 3 nitrogen and oxygen atoms in total. The first-order valence-corrected chi connectivity index (χ1v) is 5.53. The Kier molecular flexibility index (Phi) is 3.19. The number of benzene rings is 1. The molecule has 2 aromatic rings. The van der Waals surface area contributed by atoms with Crippen LogP contribution in [0, 0.1) is 0 Å². The standard InChI is InChI=1S/C11H10Cl2N2O/c12-7-2-9(13)11-6(1-8(14)5-16)4-15-10(11)3-7/h2-5,8,15H,1,14H2/t8-/m0/s1. The van der Waals surface area contributed by atoms with E-state index in [0.717, 1.165) is 22.8 Å². The van der Waals surface area contributed by atoms with Crippen LogP contribution in [0.15, 0.2) is 18.3 Å². The van der Waals surface area contributed by atoms with E-state index in [2.05, 4.69) is 4.98 Å². The number of rotatable bonds is 3. The molecule has 0 aliphatic rings. The van der Waals surface area contributed by atoms with Crippen molar-refractivity contribution >= 4 is 40.4 Å². The number of fused-ring (bicyclic) bond motifs is 1. The van der Waals surface area contributed by atoms with Crippen LogP contribution in [0.25, 0.3) is 10.9 Å². The summed E-state index contributed by atoms with van der Waals surface area (Å²) in [6.45, 7) is 0. The molecule has 1 aromatic heterocycles. The van der Waals surface area contributed by atoms with E-state index >= 15 is 0 Å². The minimum absolute atomic E-state index is 0.463. The summed E-state index contributed by atoms with van der Waals surface area (Å²) < 4.78 is 0. The Morgan fingerprint density at radius 3 is 2.88 bits per heavy atom. The highest BCUT2D eigenvalue weighted by Gasteiger charge is 2.11. The summed E-state index contributed by atoms with van der Waals surface area (Å²) in [6.07, 6.45) is 2.99. The van der Waals surface area contributed by atoms with Crippen molar-refractivity contribution in [3.05, 3.63) is 33.9 Å². The lowest BCUT2D eigenvalue weighted by Gasteiger charge is -2.03. The van der Waals surface area contributed by atoms with Crippen LogP contribution in [0.2, 0.25) is 10.0 Å². The molecule has 84 valence electrons. The minimum Gasteiger partial charge on any atom is -0.361 e. The largest absolute Gasteiger partial charge is 0.361 e. The van der Waals surface area contributed by atoms with Gasteiger partial charge in [0.15, 0.2) is 0 Å². The van der Waals surface area contributed by atoms with Crippen molar-refractivity contribution in [2.75, 3.05) is 0 Å². The highest BCUT2D eigenvalue weighted by atomic mass is 35.5. The van der Waals surface area contributed by atoms with E-state index in [4.69, 9.17) is 28.9 Å². The summed E-state index contributed by atoms with van der Waals surface area (Å²) in [7, 11) is 0. The van der Waals surface area contributed by atoms with Crippen molar-refractivity contribution in [1.82, 2.24) is 4.98 Å². The number of nitrogens with one attached hydrogen (secondary N) is 1. The lowest BCUT2D eigenvalue weighted by molar-refractivity contribution is -0.108. The summed E-state index contributed by atoms with van der Waals surface area (Å²) in [5.41, 5.74) is 7.36. The number of H-pyrrole nitrogens is 1. The maximum atomic E-state index is 10.5. The molecular formula is C11H10Cl2N2O. The van der Waals surface area contributed by atoms with Gasteiger partial charge >= 0.3 is 0 Å². The molecule has 0 amide bonds. The van der Waals surface area contributed by atoms with Crippen molar-refractivity contribution < 1.29 is 4.79 Å². The lowest BCUT2D eigenvalue weighted by atomic mass is 10.1. The maximum absolute atomic E-state index is 10.5. The Morgan fingerprint density at radius 2 is 2.19 bits per heavy atom. The zero-order valence-corrected chi connectivity index (χ0v) is 9.85. The lowest BCUT2D eigenvalue weighted by Crippen LogP contribution is -2.23. The van der Waals surface area contributed by atoms with E-state index in [1.165, 1.54) is 0 Å². The van der Waals surface area contributed by atoms with Gasteiger partial charge in [-0.05, 0) is 24.1 Å². The Hall–Kier alpha value is -1.03. The van der Waals surface area contributed by atoms with Crippen LogP contribution in [0.5, 0.6) is 0 Å². The van der Waals surface area contributed by atoms with Gasteiger partial charge < -0.3 is 15.5 Å². The van der Waals surface area contributed by atoms with Gasteiger partial charge in [-0.25, -0.2) is 0 Å². The van der Waals surface area contributed by atoms with E-state index in [1.807, 2.05) is 0 Å². The molecule has 0 saturated carbocycles. The van der Waals surface area contributed by atoms with Crippen LogP contribution < -0.4 is 5.73 Å². The van der Waals surface area contributed by atoms with Crippen LogP contribution in [-0.4, -0.2) is 17.3 Å². The van der Waals surface area contributed by atoms with Gasteiger partial charge in [0.1, 0.15) is 6.29 Å². The SMILES string of the molecule is N[C@H](C=O)Cc1c[nH]c2cc(Cl)cc(Cl)c12. The number of hydrogen-bond donors (Lipinski definition) is 2. The van der Waals surface area contributed by atoms with Crippen LogP contribution in [0.1, 0.15) is 5.56 Å². The van der Waals surface area contributed by atoms with Gasteiger partial charge in [0, 0.05) is 22.1 Å². The molecular weight excluding hydrogens is 247 g/mol.